The van der Waals surface area contributed by atoms with Gasteiger partial charge in [0.15, 0.2) is 0 Å². The summed E-state index contributed by atoms with van der Waals surface area (Å²) < 4.78 is 54.7. The van der Waals surface area contributed by atoms with E-state index in [2.05, 4.69) is 12.2 Å². The molecule has 0 heterocycles. The maximum absolute atomic E-state index is 12.9. The second-order valence-electron chi connectivity index (χ2n) is 11.8. The van der Waals surface area contributed by atoms with Gasteiger partial charge >= 0.3 is 18.1 Å². The van der Waals surface area contributed by atoms with Crippen molar-refractivity contribution in [2.45, 2.75) is 32.0 Å². The van der Waals surface area contributed by atoms with E-state index in [4.69, 9.17) is 14.2 Å². The first-order chi connectivity index (χ1) is 24.1. The predicted molar refractivity (Wildman–Crippen MR) is 188 cm³/mol. The van der Waals surface area contributed by atoms with Crippen molar-refractivity contribution >= 4 is 18.0 Å². The maximum atomic E-state index is 12.9. The number of allylic oxidation sites excluding steroid dienone is 1. The van der Waals surface area contributed by atoms with E-state index < -0.39 is 11.7 Å². The number of ether oxygens (including phenoxy) is 3. The van der Waals surface area contributed by atoms with Crippen LogP contribution in [0, 0.1) is 5.92 Å². The van der Waals surface area contributed by atoms with Gasteiger partial charge in [-0.2, -0.15) is 13.2 Å². The minimum Gasteiger partial charge on any atom is -0.488 e. The van der Waals surface area contributed by atoms with E-state index in [0.29, 0.717) is 23.3 Å². The Labute approximate surface area is 290 Å². The van der Waals surface area contributed by atoms with Gasteiger partial charge in [0.05, 0.1) is 30.9 Å². The first kappa shape index (κ1) is 35.7. The zero-order valence-electron chi connectivity index (χ0n) is 27.8. The average Bonchev–Trinajstić information content (AvgIpc) is 3.15. The third kappa shape index (κ3) is 9.72. The molecule has 256 valence electrons. The standard InChI is InChI=1S/C42H37F3O5/c1-48-40(46)36-19-9-29(10-20-36)7-8-30(27-31-12-21-37(22-13-31)41(47)49-2)11-18-35-5-3-4-6-39(35)50-28-32-14-16-33(17-15-32)34-23-25-38(26-24-34)42(43,44)45/h3-6,9-26,30H,7-8,27-28H2,1-2H3/b18-11-. The second-order valence-corrected chi connectivity index (χ2v) is 11.8. The molecule has 5 nitrogen and oxygen atoms in total. The third-order valence-electron chi connectivity index (χ3n) is 8.41. The van der Waals surface area contributed by atoms with Crippen molar-refractivity contribution in [3.05, 3.63) is 166 Å². The minimum atomic E-state index is -4.37. The molecule has 0 saturated carbocycles. The molecule has 0 N–H and O–H groups in total. The summed E-state index contributed by atoms with van der Waals surface area (Å²) >= 11 is 0. The number of rotatable bonds is 13. The zero-order chi connectivity index (χ0) is 35.5. The summed E-state index contributed by atoms with van der Waals surface area (Å²) in [7, 11) is 2.72. The van der Waals surface area contributed by atoms with E-state index in [1.165, 1.54) is 26.4 Å². The van der Waals surface area contributed by atoms with Crippen LogP contribution < -0.4 is 4.74 Å². The Balaban J connectivity index is 1.27. The molecule has 50 heavy (non-hydrogen) atoms. The molecule has 0 aliphatic rings. The number of alkyl halides is 3. The number of benzene rings is 5. The number of hydrogen-bond acceptors (Lipinski definition) is 5. The molecular formula is C42H37F3O5. The number of hydrogen-bond donors (Lipinski definition) is 0. The minimum absolute atomic E-state index is 0.144. The summed E-state index contributed by atoms with van der Waals surface area (Å²) in [6.45, 7) is 0.315. The molecule has 5 aromatic rings. The van der Waals surface area contributed by atoms with Crippen molar-refractivity contribution in [3.8, 4) is 16.9 Å². The van der Waals surface area contributed by atoms with Gasteiger partial charge in [0.2, 0.25) is 0 Å². The molecule has 0 aliphatic carbocycles. The lowest BCUT2D eigenvalue weighted by Gasteiger charge is -2.15. The molecule has 5 aromatic carbocycles. The Bertz CT molecular complexity index is 1890. The molecule has 0 spiro atoms. The van der Waals surface area contributed by atoms with E-state index in [1.54, 1.807) is 24.3 Å². The summed E-state index contributed by atoms with van der Waals surface area (Å²) in [5.74, 6) is 0.110. The number of halogens is 3. The maximum Gasteiger partial charge on any atom is 0.416 e. The quantitative estimate of drug-likeness (QED) is 0.116. The highest BCUT2D eigenvalue weighted by Crippen LogP contribution is 2.31. The average molecular weight is 679 g/mol. The first-order valence-electron chi connectivity index (χ1n) is 16.1. The van der Waals surface area contributed by atoms with E-state index in [-0.39, 0.29) is 17.9 Å². The van der Waals surface area contributed by atoms with Crippen LogP contribution in [-0.2, 0) is 35.1 Å². The van der Waals surface area contributed by atoms with Gasteiger partial charge in [0.1, 0.15) is 12.4 Å². The molecule has 0 fully saturated rings. The van der Waals surface area contributed by atoms with E-state index in [1.807, 2.05) is 72.8 Å². The number of carbonyl (C=O) groups is 2. The number of esters is 2. The molecule has 0 saturated heterocycles. The van der Waals surface area contributed by atoms with Crippen LogP contribution in [0.4, 0.5) is 13.2 Å². The molecule has 1 unspecified atom stereocenters. The fourth-order valence-electron chi connectivity index (χ4n) is 5.54. The van der Waals surface area contributed by atoms with Gasteiger partial charge in [0.25, 0.3) is 0 Å². The molecule has 0 aromatic heterocycles. The Morgan fingerprint density at radius 2 is 1.18 bits per heavy atom. The molecular weight excluding hydrogens is 641 g/mol. The van der Waals surface area contributed by atoms with Gasteiger partial charge in [-0.25, -0.2) is 9.59 Å². The summed E-state index contributed by atoms with van der Waals surface area (Å²) in [5, 5.41) is 0. The summed E-state index contributed by atoms with van der Waals surface area (Å²) in [6.07, 6.45) is 2.24. The van der Waals surface area contributed by atoms with Crippen molar-refractivity contribution in [1.29, 1.82) is 0 Å². The number of aryl methyl sites for hydroxylation is 1. The Kier molecular flexibility index (Phi) is 11.9. The van der Waals surface area contributed by atoms with Gasteiger partial charge in [-0.15, -0.1) is 0 Å². The summed E-state index contributed by atoms with van der Waals surface area (Å²) in [6, 6.07) is 35.3. The van der Waals surface area contributed by atoms with Crippen LogP contribution in [-0.4, -0.2) is 26.2 Å². The van der Waals surface area contributed by atoms with Crippen molar-refractivity contribution in [2.75, 3.05) is 14.2 Å². The number of carbonyl (C=O) groups excluding carboxylic acids is 2. The Morgan fingerprint density at radius 1 is 0.660 bits per heavy atom. The van der Waals surface area contributed by atoms with Crippen LogP contribution in [0.3, 0.4) is 0 Å². The fraction of sp³-hybridized carbons (Fsp3) is 0.190. The second kappa shape index (κ2) is 16.7. The van der Waals surface area contributed by atoms with E-state index in [9.17, 15) is 22.8 Å². The van der Waals surface area contributed by atoms with Gasteiger partial charge in [-0.1, -0.05) is 91.0 Å². The highest BCUT2D eigenvalue weighted by Gasteiger charge is 2.30. The van der Waals surface area contributed by atoms with Crippen LogP contribution >= 0.6 is 0 Å². The normalized spacial score (nSPS) is 12.0. The van der Waals surface area contributed by atoms with Gasteiger partial charge < -0.3 is 14.2 Å². The SMILES string of the molecule is COC(=O)c1ccc(CCC(/C=C\c2ccccc2OCc2ccc(-c3ccc(C(F)(F)F)cc3)cc2)Cc2ccc(C(=O)OC)cc2)cc1. The first-order valence-corrected chi connectivity index (χ1v) is 16.1. The molecule has 1 atom stereocenters. The predicted octanol–water partition coefficient (Wildman–Crippen LogP) is 10.0. The Hall–Kier alpha value is -5.63. The fourth-order valence-corrected chi connectivity index (χ4v) is 5.54. The monoisotopic (exact) mass is 678 g/mol. The third-order valence-corrected chi connectivity index (χ3v) is 8.41. The number of para-hydroxylation sites is 1. The number of methoxy groups -OCH3 is 2. The smallest absolute Gasteiger partial charge is 0.416 e. The van der Waals surface area contributed by atoms with Gasteiger partial charge in [0, 0.05) is 5.56 Å². The lowest BCUT2D eigenvalue weighted by atomic mass is 9.91. The van der Waals surface area contributed by atoms with Gasteiger partial charge in [-0.3, -0.25) is 0 Å². The largest absolute Gasteiger partial charge is 0.488 e. The van der Waals surface area contributed by atoms with Crippen molar-refractivity contribution in [1.82, 2.24) is 0 Å². The van der Waals surface area contributed by atoms with Crippen molar-refractivity contribution in [2.24, 2.45) is 5.92 Å². The molecule has 5 rings (SSSR count). The lowest BCUT2D eigenvalue weighted by Crippen LogP contribution is -2.06. The molecule has 0 aliphatic heterocycles. The summed E-state index contributed by atoms with van der Waals surface area (Å²) in [4.78, 5) is 23.8. The van der Waals surface area contributed by atoms with Crippen LogP contribution in [0.5, 0.6) is 5.75 Å². The van der Waals surface area contributed by atoms with Crippen LogP contribution in [0.15, 0.2) is 127 Å². The van der Waals surface area contributed by atoms with Crippen molar-refractivity contribution < 1.29 is 37.0 Å². The van der Waals surface area contributed by atoms with Gasteiger partial charge in [-0.05, 0) is 95.5 Å². The summed E-state index contributed by atoms with van der Waals surface area (Å²) in [5.41, 5.74) is 5.87. The van der Waals surface area contributed by atoms with Crippen LogP contribution in [0.25, 0.3) is 17.2 Å². The molecule has 0 radical (unpaired) electrons. The molecule has 0 bridgehead atoms. The zero-order valence-corrected chi connectivity index (χ0v) is 27.8. The lowest BCUT2D eigenvalue weighted by molar-refractivity contribution is -0.137. The van der Waals surface area contributed by atoms with E-state index >= 15 is 0 Å². The Morgan fingerprint density at radius 3 is 1.74 bits per heavy atom. The highest BCUT2D eigenvalue weighted by atomic mass is 19.4. The van der Waals surface area contributed by atoms with Crippen LogP contribution in [0.1, 0.15) is 55.0 Å². The highest BCUT2D eigenvalue weighted by molar-refractivity contribution is 5.89. The molecule has 8 heteroatoms. The van der Waals surface area contributed by atoms with Crippen molar-refractivity contribution in [3.63, 3.8) is 0 Å². The topological polar surface area (TPSA) is 61.8 Å². The molecule has 0 amide bonds. The van der Waals surface area contributed by atoms with E-state index in [0.717, 1.165) is 65.0 Å². The van der Waals surface area contributed by atoms with Crippen LogP contribution in [0.2, 0.25) is 0 Å².